The van der Waals surface area contributed by atoms with E-state index < -0.39 is 6.17 Å². The summed E-state index contributed by atoms with van der Waals surface area (Å²) in [6.45, 7) is 5.66. The molecule has 17 heavy (non-hydrogen) atoms. The molecule has 3 atom stereocenters. The van der Waals surface area contributed by atoms with E-state index in [1.807, 2.05) is 6.92 Å². The Morgan fingerprint density at radius 3 is 2.82 bits per heavy atom. The molecule has 0 bridgehead atoms. The number of halogens is 1. The van der Waals surface area contributed by atoms with Crippen LogP contribution in [0.5, 0.6) is 0 Å². The second kappa shape index (κ2) is 9.17. The molecule has 0 aromatic heterocycles. The van der Waals surface area contributed by atoms with Gasteiger partial charge in [-0.1, -0.05) is 39.5 Å². The van der Waals surface area contributed by atoms with Crippen LogP contribution in [0.1, 0.15) is 52.4 Å². The van der Waals surface area contributed by atoms with Crippen LogP contribution in [0.15, 0.2) is 0 Å². The Labute approximate surface area is 109 Å². The van der Waals surface area contributed by atoms with Crippen molar-refractivity contribution in [3.05, 3.63) is 0 Å². The molecule has 1 fully saturated rings. The fourth-order valence-corrected chi connectivity index (χ4v) is 2.46. The molecule has 4 heteroatoms. The second-order valence-corrected chi connectivity index (χ2v) is 6.06. The van der Waals surface area contributed by atoms with Crippen LogP contribution in [0.4, 0.5) is 4.39 Å². The zero-order chi connectivity index (χ0) is 12.5. The molecule has 0 aromatic rings. The highest BCUT2D eigenvalue weighted by Gasteiger charge is 2.23. The van der Waals surface area contributed by atoms with E-state index >= 15 is 0 Å². The van der Waals surface area contributed by atoms with Crippen LogP contribution >= 0.6 is 12.0 Å². The Kier molecular flexibility index (Phi) is 8.23. The number of hydrogen-bond donors (Lipinski definition) is 0. The van der Waals surface area contributed by atoms with Gasteiger partial charge in [0.15, 0.2) is 0 Å². The summed E-state index contributed by atoms with van der Waals surface area (Å²) in [5.41, 5.74) is 0. The first-order valence-corrected chi connectivity index (χ1v) is 7.56. The Hall–Kier alpha value is 0.200. The van der Waals surface area contributed by atoms with Crippen molar-refractivity contribution in [3.63, 3.8) is 0 Å². The summed E-state index contributed by atoms with van der Waals surface area (Å²) in [5, 5.41) is 0.231. The van der Waals surface area contributed by atoms with Gasteiger partial charge in [-0.25, -0.2) is 4.39 Å². The van der Waals surface area contributed by atoms with Crippen molar-refractivity contribution in [3.8, 4) is 0 Å². The lowest BCUT2D eigenvalue weighted by molar-refractivity contribution is 0.276. The zero-order valence-corrected chi connectivity index (χ0v) is 11.8. The molecule has 1 rings (SSSR count). The molecule has 0 amide bonds. The molecule has 0 N–H and O–H groups in total. The molecule has 0 spiro atoms. The van der Waals surface area contributed by atoms with Gasteiger partial charge in [0, 0.05) is 5.25 Å². The summed E-state index contributed by atoms with van der Waals surface area (Å²) in [7, 11) is 0. The molecular formula is C13H25FO2S. The summed E-state index contributed by atoms with van der Waals surface area (Å²) in [6, 6.07) is 0. The summed E-state index contributed by atoms with van der Waals surface area (Å²) >= 11 is 1.40. The van der Waals surface area contributed by atoms with Crippen molar-refractivity contribution in [2.75, 3.05) is 13.2 Å². The highest BCUT2D eigenvalue weighted by Crippen LogP contribution is 2.23. The zero-order valence-electron chi connectivity index (χ0n) is 11.0. The van der Waals surface area contributed by atoms with Gasteiger partial charge in [-0.3, -0.25) is 0 Å². The highest BCUT2D eigenvalue weighted by atomic mass is 32.2. The molecule has 1 saturated heterocycles. The molecule has 0 aromatic carbocycles. The Balaban J connectivity index is 1.89. The SMILES string of the molecule is CCCCCCC(F)CC(C)SOCC1CO1. The summed E-state index contributed by atoms with van der Waals surface area (Å²) in [5.74, 6) is 0. The van der Waals surface area contributed by atoms with Gasteiger partial charge >= 0.3 is 0 Å². The van der Waals surface area contributed by atoms with Crippen molar-refractivity contribution in [1.29, 1.82) is 0 Å². The Morgan fingerprint density at radius 2 is 2.18 bits per heavy atom. The van der Waals surface area contributed by atoms with E-state index in [2.05, 4.69) is 6.92 Å². The van der Waals surface area contributed by atoms with Gasteiger partial charge in [0.05, 0.1) is 13.2 Å². The van der Waals surface area contributed by atoms with Crippen molar-refractivity contribution in [1.82, 2.24) is 0 Å². The number of unbranched alkanes of at least 4 members (excludes halogenated alkanes) is 3. The average molecular weight is 264 g/mol. The minimum Gasteiger partial charge on any atom is -0.371 e. The fourth-order valence-electron chi connectivity index (χ4n) is 1.71. The van der Waals surface area contributed by atoms with Crippen LogP contribution in [0.2, 0.25) is 0 Å². The maximum absolute atomic E-state index is 13.6. The van der Waals surface area contributed by atoms with E-state index in [0.29, 0.717) is 25.6 Å². The lowest BCUT2D eigenvalue weighted by Gasteiger charge is -2.13. The van der Waals surface area contributed by atoms with Gasteiger partial charge in [-0.15, -0.1) is 0 Å². The second-order valence-electron chi connectivity index (χ2n) is 4.83. The van der Waals surface area contributed by atoms with Gasteiger partial charge in [0.25, 0.3) is 0 Å². The number of alkyl halides is 1. The third kappa shape index (κ3) is 8.86. The van der Waals surface area contributed by atoms with Crippen LogP contribution in [0.25, 0.3) is 0 Å². The van der Waals surface area contributed by atoms with Gasteiger partial charge in [0.2, 0.25) is 0 Å². The number of ether oxygens (including phenoxy) is 1. The van der Waals surface area contributed by atoms with Crippen molar-refractivity contribution in [2.45, 2.75) is 69.9 Å². The molecule has 1 aliphatic heterocycles. The van der Waals surface area contributed by atoms with Crippen LogP contribution < -0.4 is 0 Å². The highest BCUT2D eigenvalue weighted by molar-refractivity contribution is 7.95. The average Bonchev–Trinajstić information content (AvgIpc) is 3.08. The molecule has 102 valence electrons. The quantitative estimate of drug-likeness (QED) is 0.318. The monoisotopic (exact) mass is 264 g/mol. The van der Waals surface area contributed by atoms with E-state index in [-0.39, 0.29) is 5.25 Å². The van der Waals surface area contributed by atoms with Crippen molar-refractivity contribution < 1.29 is 13.3 Å². The van der Waals surface area contributed by atoms with Gasteiger partial charge in [-0.05, 0) is 24.9 Å². The summed E-state index contributed by atoms with van der Waals surface area (Å²) in [4.78, 5) is 0. The van der Waals surface area contributed by atoms with Crippen LogP contribution in [-0.2, 0) is 8.92 Å². The lowest BCUT2D eigenvalue weighted by atomic mass is 10.1. The topological polar surface area (TPSA) is 21.8 Å². The van der Waals surface area contributed by atoms with E-state index in [0.717, 1.165) is 19.4 Å². The fraction of sp³-hybridized carbons (Fsp3) is 1.00. The van der Waals surface area contributed by atoms with E-state index in [9.17, 15) is 4.39 Å². The third-order valence-corrected chi connectivity index (χ3v) is 3.64. The van der Waals surface area contributed by atoms with Crippen molar-refractivity contribution in [2.24, 2.45) is 0 Å². The summed E-state index contributed by atoms with van der Waals surface area (Å²) < 4.78 is 24.0. The van der Waals surface area contributed by atoms with Gasteiger partial charge in [-0.2, -0.15) is 0 Å². The van der Waals surface area contributed by atoms with Crippen LogP contribution in [0.3, 0.4) is 0 Å². The van der Waals surface area contributed by atoms with E-state index in [4.69, 9.17) is 8.92 Å². The Morgan fingerprint density at radius 1 is 1.41 bits per heavy atom. The molecule has 0 radical (unpaired) electrons. The largest absolute Gasteiger partial charge is 0.371 e. The standard InChI is InChI=1S/C13H25FO2S/c1-3-4-5-6-7-12(14)8-11(2)17-16-10-13-9-15-13/h11-13H,3-10H2,1-2H3. The minimum absolute atomic E-state index is 0.231. The lowest BCUT2D eigenvalue weighted by Crippen LogP contribution is -2.10. The first kappa shape index (κ1) is 15.3. The van der Waals surface area contributed by atoms with E-state index in [1.165, 1.54) is 24.9 Å². The number of hydrogen-bond acceptors (Lipinski definition) is 3. The van der Waals surface area contributed by atoms with Crippen molar-refractivity contribution >= 4 is 12.0 Å². The third-order valence-electron chi connectivity index (χ3n) is 2.85. The van der Waals surface area contributed by atoms with Crippen LogP contribution in [0, 0.1) is 0 Å². The molecule has 0 saturated carbocycles. The predicted octanol–water partition coefficient (Wildman–Crippen LogP) is 4.14. The first-order valence-electron chi connectivity index (χ1n) is 6.76. The summed E-state index contributed by atoms with van der Waals surface area (Å²) in [6.07, 6.45) is 5.54. The molecular weight excluding hydrogens is 239 g/mol. The maximum Gasteiger partial charge on any atom is 0.105 e. The predicted molar refractivity (Wildman–Crippen MR) is 71.0 cm³/mol. The van der Waals surface area contributed by atoms with E-state index in [1.54, 1.807) is 0 Å². The van der Waals surface area contributed by atoms with Gasteiger partial charge in [0.1, 0.15) is 12.3 Å². The molecule has 0 aliphatic carbocycles. The molecule has 2 nitrogen and oxygen atoms in total. The number of epoxide rings is 1. The minimum atomic E-state index is -0.671. The molecule has 3 unspecified atom stereocenters. The smallest absolute Gasteiger partial charge is 0.105 e. The molecule has 1 heterocycles. The van der Waals surface area contributed by atoms with Crippen LogP contribution in [-0.4, -0.2) is 30.7 Å². The number of rotatable bonds is 11. The maximum atomic E-state index is 13.6. The first-order chi connectivity index (χ1) is 8.22. The van der Waals surface area contributed by atoms with Gasteiger partial charge < -0.3 is 8.92 Å². The Bertz CT molecular complexity index is 188. The molecule has 1 aliphatic rings. The normalized spacial score (nSPS) is 22.4.